The van der Waals surface area contributed by atoms with Crippen molar-refractivity contribution in [2.75, 3.05) is 7.11 Å². The van der Waals surface area contributed by atoms with Gasteiger partial charge < -0.3 is 9.72 Å². The molecule has 3 aromatic rings. The molecule has 1 aromatic heterocycles. The number of nitrogens with one attached hydrogen (secondary N) is 1. The van der Waals surface area contributed by atoms with Gasteiger partial charge in [0.25, 0.3) is 5.56 Å². The van der Waals surface area contributed by atoms with E-state index >= 15 is 0 Å². The standard InChI is InChI=1S/C25H21F5N2O3S/c1-35-21-6-2-13(8-17(21)26)9-23-31-19(12-24(34)32-23)20(33)11-16(14-3-4-14)15-5-7-22(18(27)10-15)36-25(28,29)30/h2,5-8,10,12,14,16H,3-4,9,11H2,1H3,(H,31,32,34)/t16-/m1/s1. The summed E-state index contributed by atoms with van der Waals surface area (Å²) in [4.78, 5) is 31.5. The third-order valence-corrected chi connectivity index (χ3v) is 6.65. The van der Waals surface area contributed by atoms with Crippen molar-refractivity contribution in [2.24, 2.45) is 5.92 Å². The average molecular weight is 525 g/mol. The minimum absolute atomic E-state index is 0.0624. The zero-order valence-electron chi connectivity index (χ0n) is 19.0. The molecule has 1 aliphatic carbocycles. The highest BCUT2D eigenvalue weighted by Crippen LogP contribution is 2.46. The molecule has 1 aliphatic rings. The molecule has 11 heteroatoms. The lowest BCUT2D eigenvalue weighted by Gasteiger charge is -2.17. The maximum atomic E-state index is 14.4. The van der Waals surface area contributed by atoms with Gasteiger partial charge in [-0.1, -0.05) is 12.1 Å². The Morgan fingerprint density at radius 3 is 2.50 bits per heavy atom. The monoisotopic (exact) mass is 524 g/mol. The van der Waals surface area contributed by atoms with Gasteiger partial charge in [0.2, 0.25) is 0 Å². The second-order valence-electron chi connectivity index (χ2n) is 8.53. The number of alkyl halides is 3. The van der Waals surface area contributed by atoms with E-state index in [1.165, 1.54) is 25.3 Å². The molecule has 0 radical (unpaired) electrons. The van der Waals surface area contributed by atoms with E-state index in [0.717, 1.165) is 31.0 Å². The Bertz CT molecular complexity index is 1340. The number of methoxy groups -OCH3 is 1. The number of ketones is 1. The van der Waals surface area contributed by atoms with E-state index < -0.39 is 51.1 Å². The smallest absolute Gasteiger partial charge is 0.446 e. The molecule has 0 saturated heterocycles. The summed E-state index contributed by atoms with van der Waals surface area (Å²) in [6.07, 6.45) is 1.58. The maximum Gasteiger partial charge on any atom is 0.446 e. The van der Waals surface area contributed by atoms with Gasteiger partial charge in [0, 0.05) is 18.9 Å². The fourth-order valence-corrected chi connectivity index (χ4v) is 4.60. The first-order valence-electron chi connectivity index (χ1n) is 11.0. The normalized spacial score (nSPS) is 14.5. The summed E-state index contributed by atoms with van der Waals surface area (Å²) in [6.45, 7) is 0. The SMILES string of the molecule is COc1ccc(Cc2nc(C(=O)C[C@@H](c3ccc(SC(F)(F)F)c(F)c3)C3CC3)cc(=O)[nH]2)cc1F. The highest BCUT2D eigenvalue weighted by atomic mass is 32.2. The number of benzene rings is 2. The highest BCUT2D eigenvalue weighted by Gasteiger charge is 2.35. The van der Waals surface area contributed by atoms with Gasteiger partial charge in [-0.25, -0.2) is 13.8 Å². The van der Waals surface area contributed by atoms with Crippen LogP contribution in [0.2, 0.25) is 0 Å². The van der Waals surface area contributed by atoms with Gasteiger partial charge in [0.05, 0.1) is 12.0 Å². The molecular weight excluding hydrogens is 503 g/mol. The Labute approximate surface area is 207 Å². The number of halogens is 5. The molecule has 1 atom stereocenters. The number of hydrogen-bond donors (Lipinski definition) is 1. The Kier molecular flexibility index (Phi) is 7.49. The van der Waals surface area contributed by atoms with Crippen molar-refractivity contribution >= 4 is 17.5 Å². The molecule has 190 valence electrons. The topological polar surface area (TPSA) is 72.0 Å². The number of ether oxygens (including phenoxy) is 1. The second-order valence-corrected chi connectivity index (χ2v) is 9.64. The lowest BCUT2D eigenvalue weighted by atomic mass is 9.88. The number of nitrogens with zero attached hydrogens (tertiary/aromatic N) is 1. The van der Waals surface area contributed by atoms with Gasteiger partial charge in [-0.05, 0) is 71.8 Å². The van der Waals surface area contributed by atoms with Crippen LogP contribution in [0.15, 0.2) is 52.2 Å². The molecule has 0 spiro atoms. The maximum absolute atomic E-state index is 14.4. The van der Waals surface area contributed by atoms with Crippen LogP contribution in [-0.4, -0.2) is 28.4 Å². The minimum Gasteiger partial charge on any atom is -0.494 e. The third-order valence-electron chi connectivity index (χ3n) is 5.87. The Hall–Kier alpha value is -3.21. The number of carbonyl (C=O) groups is 1. The summed E-state index contributed by atoms with van der Waals surface area (Å²) in [5, 5.41) is 0. The van der Waals surface area contributed by atoms with Crippen LogP contribution in [0.1, 0.15) is 52.6 Å². The molecule has 0 aliphatic heterocycles. The fraction of sp³-hybridized carbons (Fsp3) is 0.320. The predicted octanol–water partition coefficient (Wildman–Crippen LogP) is 6.03. The van der Waals surface area contributed by atoms with Crippen LogP contribution in [0.4, 0.5) is 22.0 Å². The summed E-state index contributed by atoms with van der Waals surface area (Å²) in [7, 11) is 1.34. The Balaban J connectivity index is 1.53. The quantitative estimate of drug-likeness (QED) is 0.210. The van der Waals surface area contributed by atoms with Crippen LogP contribution in [0.25, 0.3) is 0 Å². The molecule has 1 saturated carbocycles. The number of aromatic nitrogens is 2. The van der Waals surface area contributed by atoms with Gasteiger partial charge in [0.1, 0.15) is 17.3 Å². The molecule has 5 nitrogen and oxygen atoms in total. The van der Waals surface area contributed by atoms with Gasteiger partial charge in [-0.15, -0.1) is 0 Å². The number of thioether (sulfide) groups is 1. The Morgan fingerprint density at radius 2 is 1.89 bits per heavy atom. The van der Waals surface area contributed by atoms with Crippen molar-refractivity contribution in [3.63, 3.8) is 0 Å². The van der Waals surface area contributed by atoms with E-state index in [9.17, 15) is 31.5 Å². The molecule has 0 bridgehead atoms. The molecule has 4 rings (SSSR count). The van der Waals surface area contributed by atoms with Crippen molar-refractivity contribution in [2.45, 2.75) is 42.0 Å². The fourth-order valence-electron chi connectivity index (χ4n) is 4.06. The van der Waals surface area contributed by atoms with Crippen LogP contribution >= 0.6 is 11.8 Å². The average Bonchev–Trinajstić information content (AvgIpc) is 3.63. The zero-order valence-corrected chi connectivity index (χ0v) is 19.8. The van der Waals surface area contributed by atoms with E-state index in [0.29, 0.717) is 11.1 Å². The molecule has 1 heterocycles. The lowest BCUT2D eigenvalue weighted by Crippen LogP contribution is -2.18. The van der Waals surface area contributed by atoms with Gasteiger partial charge in [0.15, 0.2) is 17.3 Å². The Morgan fingerprint density at radius 1 is 1.14 bits per heavy atom. The highest BCUT2D eigenvalue weighted by molar-refractivity contribution is 8.00. The number of aromatic amines is 1. The van der Waals surface area contributed by atoms with Gasteiger partial charge in [-0.3, -0.25) is 9.59 Å². The largest absolute Gasteiger partial charge is 0.494 e. The van der Waals surface area contributed by atoms with Gasteiger partial charge >= 0.3 is 5.51 Å². The number of H-pyrrole nitrogens is 1. The van der Waals surface area contributed by atoms with Gasteiger partial charge in [-0.2, -0.15) is 13.2 Å². The number of hydrogen-bond acceptors (Lipinski definition) is 5. The number of carbonyl (C=O) groups excluding carboxylic acids is 1. The van der Waals surface area contributed by atoms with E-state index in [-0.39, 0.29) is 36.0 Å². The molecule has 0 amide bonds. The van der Waals surface area contributed by atoms with Crippen LogP contribution in [0.3, 0.4) is 0 Å². The van der Waals surface area contributed by atoms with Crippen molar-refractivity contribution < 1.29 is 31.5 Å². The summed E-state index contributed by atoms with van der Waals surface area (Å²) in [5.41, 5.74) is -4.33. The van der Waals surface area contributed by atoms with Crippen molar-refractivity contribution in [3.8, 4) is 5.75 Å². The molecule has 1 fully saturated rings. The first-order valence-corrected chi connectivity index (χ1v) is 11.8. The van der Waals surface area contributed by atoms with Crippen LogP contribution in [0.5, 0.6) is 5.75 Å². The minimum atomic E-state index is -4.62. The van der Waals surface area contributed by atoms with E-state index in [4.69, 9.17) is 4.74 Å². The zero-order chi connectivity index (χ0) is 26.0. The van der Waals surface area contributed by atoms with Crippen molar-refractivity contribution in [1.82, 2.24) is 9.97 Å². The van der Waals surface area contributed by atoms with Crippen molar-refractivity contribution in [3.05, 3.63) is 87.1 Å². The van der Waals surface area contributed by atoms with E-state index in [2.05, 4.69) is 9.97 Å². The van der Waals surface area contributed by atoms with Crippen LogP contribution in [0, 0.1) is 17.6 Å². The van der Waals surface area contributed by atoms with Crippen molar-refractivity contribution in [1.29, 1.82) is 0 Å². The molecular formula is C25H21F5N2O3S. The second kappa shape index (κ2) is 10.4. The number of rotatable bonds is 9. The summed E-state index contributed by atoms with van der Waals surface area (Å²) in [5.74, 6) is -2.14. The molecule has 0 unspecified atom stereocenters. The van der Waals surface area contributed by atoms with Crippen LogP contribution < -0.4 is 10.3 Å². The lowest BCUT2D eigenvalue weighted by molar-refractivity contribution is -0.0329. The predicted molar refractivity (Wildman–Crippen MR) is 123 cm³/mol. The molecule has 1 N–H and O–H groups in total. The summed E-state index contributed by atoms with van der Waals surface area (Å²) >= 11 is -0.531. The molecule has 2 aromatic carbocycles. The van der Waals surface area contributed by atoms with E-state index in [1.54, 1.807) is 6.07 Å². The van der Waals surface area contributed by atoms with Crippen LogP contribution in [-0.2, 0) is 6.42 Å². The first-order chi connectivity index (χ1) is 17.0. The molecule has 36 heavy (non-hydrogen) atoms. The first kappa shape index (κ1) is 25.9. The summed E-state index contributed by atoms with van der Waals surface area (Å²) in [6, 6.07) is 8.87. The van der Waals surface area contributed by atoms with E-state index in [1.807, 2.05) is 0 Å². The summed E-state index contributed by atoms with van der Waals surface area (Å²) < 4.78 is 71.1. The third kappa shape index (κ3) is 6.51. The number of Topliss-reactive ketones (excluding diaryl/α,β-unsaturated/α-hetero) is 1.